The van der Waals surface area contributed by atoms with Crippen molar-refractivity contribution in [1.29, 1.82) is 0 Å². The van der Waals surface area contributed by atoms with Crippen LogP contribution in [0.25, 0.3) is 33.4 Å². The highest BCUT2D eigenvalue weighted by atomic mass is 15.1. The molecular weight excluding hydrogens is 603 g/mol. The SMILES string of the molecule is CC1(C)c2ccccc2-c2c(-c3cccc4c3C(C)(C)c3cc(N(c5ccccc5)c5ccc(C6CC7CCC6C7)cc5)ccc3-4)cccc21. The summed E-state index contributed by atoms with van der Waals surface area (Å²) < 4.78 is 0. The molecule has 0 radical (unpaired) electrons. The third-order valence-corrected chi connectivity index (χ3v) is 13.1. The summed E-state index contributed by atoms with van der Waals surface area (Å²) in [5.41, 5.74) is 18.8. The van der Waals surface area contributed by atoms with Gasteiger partial charge in [-0.2, -0.15) is 0 Å². The molecule has 3 atom stereocenters. The number of hydrogen-bond acceptors (Lipinski definition) is 1. The minimum Gasteiger partial charge on any atom is -0.310 e. The van der Waals surface area contributed by atoms with Crippen molar-refractivity contribution in [1.82, 2.24) is 0 Å². The smallest absolute Gasteiger partial charge is 0.0465 e. The second-order valence-corrected chi connectivity index (χ2v) is 16.5. The Morgan fingerprint density at radius 2 is 1.12 bits per heavy atom. The second-order valence-electron chi connectivity index (χ2n) is 16.5. The average molecular weight is 648 g/mol. The van der Waals surface area contributed by atoms with E-state index in [0.29, 0.717) is 0 Å². The molecule has 50 heavy (non-hydrogen) atoms. The van der Waals surface area contributed by atoms with Gasteiger partial charge in [0.05, 0.1) is 0 Å². The topological polar surface area (TPSA) is 3.24 Å². The Morgan fingerprint density at radius 3 is 1.88 bits per heavy atom. The molecule has 246 valence electrons. The first-order chi connectivity index (χ1) is 24.3. The van der Waals surface area contributed by atoms with Crippen LogP contribution in [-0.4, -0.2) is 0 Å². The monoisotopic (exact) mass is 647 g/mol. The van der Waals surface area contributed by atoms with Gasteiger partial charge in [0, 0.05) is 27.9 Å². The predicted octanol–water partition coefficient (Wildman–Crippen LogP) is 13.3. The van der Waals surface area contributed by atoms with Gasteiger partial charge in [-0.05, 0) is 135 Å². The lowest BCUT2D eigenvalue weighted by Crippen LogP contribution is -2.18. The summed E-state index contributed by atoms with van der Waals surface area (Å²) in [5.74, 6) is 2.59. The molecule has 0 amide bonds. The molecule has 2 bridgehead atoms. The van der Waals surface area contributed by atoms with Crippen LogP contribution in [0, 0.1) is 11.8 Å². The van der Waals surface area contributed by atoms with Gasteiger partial charge in [0.2, 0.25) is 0 Å². The molecule has 0 saturated heterocycles. The van der Waals surface area contributed by atoms with Gasteiger partial charge < -0.3 is 4.90 Å². The second kappa shape index (κ2) is 10.8. The Morgan fingerprint density at radius 1 is 0.480 bits per heavy atom. The molecule has 0 aromatic heterocycles. The van der Waals surface area contributed by atoms with Crippen molar-refractivity contribution in [2.45, 2.75) is 70.1 Å². The normalized spacial score (nSPS) is 21.4. The van der Waals surface area contributed by atoms with E-state index in [4.69, 9.17) is 0 Å². The standard InChI is InChI=1S/C49H45N/c1-48(2)43-18-9-8-14-41(43)46-38(15-11-19-44(46)48)40-17-10-16-39-37-27-26-36(30-45(37)49(3,4)47(39)40)50(34-12-6-5-7-13-34)35-24-22-32(23-25-35)42-29-31-20-21-33(42)28-31/h5-19,22-27,30-31,33,42H,20-21,28-29H2,1-4H3. The van der Waals surface area contributed by atoms with Gasteiger partial charge in [0.15, 0.2) is 0 Å². The van der Waals surface area contributed by atoms with Crippen molar-refractivity contribution in [2.24, 2.45) is 11.8 Å². The predicted molar refractivity (Wildman–Crippen MR) is 210 cm³/mol. The quantitative estimate of drug-likeness (QED) is 0.180. The molecule has 6 aromatic carbocycles. The Balaban J connectivity index is 1.08. The first-order valence-corrected chi connectivity index (χ1v) is 18.8. The summed E-state index contributed by atoms with van der Waals surface area (Å²) in [4.78, 5) is 2.45. The Bertz CT molecular complexity index is 2290. The van der Waals surface area contributed by atoms with E-state index in [0.717, 1.165) is 17.8 Å². The molecule has 3 unspecified atom stereocenters. The van der Waals surface area contributed by atoms with Crippen molar-refractivity contribution in [3.63, 3.8) is 0 Å². The summed E-state index contributed by atoms with van der Waals surface area (Å²) in [6.45, 7) is 9.62. The first kappa shape index (κ1) is 30.0. The zero-order chi connectivity index (χ0) is 33.8. The molecule has 4 aliphatic carbocycles. The number of rotatable bonds is 5. The molecular formula is C49H45N. The van der Waals surface area contributed by atoms with E-state index >= 15 is 0 Å². The van der Waals surface area contributed by atoms with Crippen LogP contribution >= 0.6 is 0 Å². The maximum Gasteiger partial charge on any atom is 0.0465 e. The third-order valence-electron chi connectivity index (χ3n) is 13.1. The fraction of sp³-hybridized carbons (Fsp3) is 0.265. The van der Waals surface area contributed by atoms with E-state index in [-0.39, 0.29) is 10.8 Å². The van der Waals surface area contributed by atoms with Gasteiger partial charge in [-0.25, -0.2) is 0 Å². The van der Waals surface area contributed by atoms with Crippen LogP contribution in [0.3, 0.4) is 0 Å². The van der Waals surface area contributed by atoms with E-state index in [1.807, 2.05) is 0 Å². The Hall–Kier alpha value is -4.88. The molecule has 10 rings (SSSR count). The lowest BCUT2D eigenvalue weighted by atomic mass is 9.77. The largest absolute Gasteiger partial charge is 0.310 e. The highest BCUT2D eigenvalue weighted by Gasteiger charge is 2.42. The lowest BCUT2D eigenvalue weighted by molar-refractivity contribution is 0.420. The van der Waals surface area contributed by atoms with Crippen LogP contribution in [-0.2, 0) is 10.8 Å². The van der Waals surface area contributed by atoms with Gasteiger partial charge in [-0.1, -0.05) is 131 Å². The van der Waals surface area contributed by atoms with E-state index < -0.39 is 0 Å². The number of fused-ring (bicyclic) bond motifs is 8. The van der Waals surface area contributed by atoms with Crippen LogP contribution in [0.1, 0.15) is 87.1 Å². The first-order valence-electron chi connectivity index (χ1n) is 18.8. The maximum atomic E-state index is 2.48. The molecule has 2 saturated carbocycles. The third kappa shape index (κ3) is 4.25. The molecule has 1 nitrogen and oxygen atoms in total. The summed E-state index contributed by atoms with van der Waals surface area (Å²) in [5, 5.41) is 0. The number of hydrogen-bond donors (Lipinski definition) is 0. The minimum atomic E-state index is -0.179. The van der Waals surface area contributed by atoms with Crippen molar-refractivity contribution in [2.75, 3.05) is 4.90 Å². The van der Waals surface area contributed by atoms with Crippen LogP contribution in [0.4, 0.5) is 17.1 Å². The average Bonchev–Trinajstić information content (AvgIpc) is 3.89. The van der Waals surface area contributed by atoms with Gasteiger partial charge in [0.1, 0.15) is 0 Å². The van der Waals surface area contributed by atoms with Crippen molar-refractivity contribution in [3.05, 3.63) is 161 Å². The number of para-hydroxylation sites is 1. The molecule has 2 fully saturated rings. The van der Waals surface area contributed by atoms with E-state index in [1.165, 1.54) is 104 Å². The van der Waals surface area contributed by atoms with Crippen LogP contribution in [0.2, 0.25) is 0 Å². The number of anilines is 3. The van der Waals surface area contributed by atoms with Crippen molar-refractivity contribution < 1.29 is 0 Å². The van der Waals surface area contributed by atoms with E-state index in [1.54, 1.807) is 0 Å². The summed E-state index contributed by atoms with van der Waals surface area (Å²) in [6.07, 6.45) is 5.68. The maximum absolute atomic E-state index is 2.48. The number of nitrogens with zero attached hydrogens (tertiary/aromatic N) is 1. The zero-order valence-corrected chi connectivity index (χ0v) is 29.7. The van der Waals surface area contributed by atoms with Gasteiger partial charge in [-0.3, -0.25) is 0 Å². The van der Waals surface area contributed by atoms with Crippen molar-refractivity contribution >= 4 is 17.1 Å². The highest BCUT2D eigenvalue weighted by Crippen LogP contribution is 2.58. The van der Waals surface area contributed by atoms with Crippen LogP contribution < -0.4 is 4.90 Å². The van der Waals surface area contributed by atoms with Gasteiger partial charge in [-0.15, -0.1) is 0 Å². The molecule has 0 heterocycles. The fourth-order valence-corrected chi connectivity index (χ4v) is 10.8. The molecule has 0 aliphatic heterocycles. The zero-order valence-electron chi connectivity index (χ0n) is 29.7. The molecule has 0 N–H and O–H groups in total. The summed E-state index contributed by atoms with van der Waals surface area (Å²) in [7, 11) is 0. The fourth-order valence-electron chi connectivity index (χ4n) is 10.8. The van der Waals surface area contributed by atoms with E-state index in [9.17, 15) is 0 Å². The van der Waals surface area contributed by atoms with Gasteiger partial charge in [0.25, 0.3) is 0 Å². The van der Waals surface area contributed by atoms with Crippen LogP contribution in [0.5, 0.6) is 0 Å². The lowest BCUT2D eigenvalue weighted by Gasteiger charge is -2.29. The van der Waals surface area contributed by atoms with Crippen LogP contribution in [0.15, 0.2) is 133 Å². The molecule has 0 spiro atoms. The number of benzene rings is 6. The Labute approximate surface area is 297 Å². The van der Waals surface area contributed by atoms with E-state index in [2.05, 4.69) is 166 Å². The molecule has 4 aliphatic rings. The Kier molecular flexibility index (Phi) is 6.48. The van der Waals surface area contributed by atoms with Gasteiger partial charge >= 0.3 is 0 Å². The molecule has 6 aromatic rings. The summed E-state index contributed by atoms with van der Waals surface area (Å²) in [6, 6.07) is 50.7. The van der Waals surface area contributed by atoms with Crippen molar-refractivity contribution in [3.8, 4) is 33.4 Å². The highest BCUT2D eigenvalue weighted by molar-refractivity contribution is 5.97. The molecule has 1 heteroatoms. The summed E-state index contributed by atoms with van der Waals surface area (Å²) >= 11 is 0. The minimum absolute atomic E-state index is 0.0247.